The Balaban J connectivity index is 1.85. The molecular weight excluding hydrogens is 256 g/mol. The summed E-state index contributed by atoms with van der Waals surface area (Å²) in [4.78, 5) is 25.5. The second kappa shape index (κ2) is 7.05. The number of likely N-dealkylation sites (tertiary alicyclic amines) is 1. The van der Waals surface area contributed by atoms with Gasteiger partial charge in [0.25, 0.3) is 0 Å². The smallest absolute Gasteiger partial charge is 0.225 e. The van der Waals surface area contributed by atoms with Crippen molar-refractivity contribution >= 4 is 11.8 Å². The van der Waals surface area contributed by atoms with Gasteiger partial charge in [0, 0.05) is 32.7 Å². The van der Waals surface area contributed by atoms with E-state index in [1.807, 2.05) is 30.3 Å². The molecule has 1 atom stereocenters. The molecule has 1 aliphatic rings. The van der Waals surface area contributed by atoms with E-state index in [9.17, 15) is 9.59 Å². The fourth-order valence-corrected chi connectivity index (χ4v) is 2.34. The van der Waals surface area contributed by atoms with Gasteiger partial charge in [-0.3, -0.25) is 9.59 Å². The molecule has 0 aromatic heterocycles. The summed E-state index contributed by atoms with van der Waals surface area (Å²) in [5.74, 6) is -0.344. The maximum Gasteiger partial charge on any atom is 0.225 e. The Morgan fingerprint density at radius 3 is 2.80 bits per heavy atom. The van der Waals surface area contributed by atoms with Crippen molar-refractivity contribution in [2.24, 2.45) is 5.92 Å². The summed E-state index contributed by atoms with van der Waals surface area (Å²) in [5.41, 5.74) is 1.07. The van der Waals surface area contributed by atoms with E-state index in [1.165, 1.54) is 0 Å². The molecule has 0 spiro atoms. The summed E-state index contributed by atoms with van der Waals surface area (Å²) < 4.78 is 0. The van der Waals surface area contributed by atoms with Crippen molar-refractivity contribution in [2.45, 2.75) is 19.4 Å². The SMILES string of the molecule is O=C(NCCCO)C1CC(=O)N(Cc2ccccc2)C1. The maximum atomic E-state index is 11.9. The van der Waals surface area contributed by atoms with Crippen LogP contribution in [0.5, 0.6) is 0 Å². The van der Waals surface area contributed by atoms with Crippen LogP contribution in [0, 0.1) is 5.92 Å². The van der Waals surface area contributed by atoms with E-state index in [-0.39, 0.29) is 30.8 Å². The average Bonchev–Trinajstić information content (AvgIpc) is 2.82. The third-order valence-electron chi connectivity index (χ3n) is 3.44. The van der Waals surface area contributed by atoms with Crippen LogP contribution in [0.1, 0.15) is 18.4 Å². The molecule has 5 nitrogen and oxygen atoms in total. The molecule has 2 amide bonds. The number of aliphatic hydroxyl groups excluding tert-OH is 1. The fraction of sp³-hybridized carbons (Fsp3) is 0.467. The molecule has 108 valence electrons. The Hall–Kier alpha value is -1.88. The van der Waals surface area contributed by atoms with Gasteiger partial charge in [-0.05, 0) is 12.0 Å². The lowest BCUT2D eigenvalue weighted by molar-refractivity contribution is -0.129. The van der Waals surface area contributed by atoms with Gasteiger partial charge in [0.15, 0.2) is 0 Å². The van der Waals surface area contributed by atoms with Crippen LogP contribution in [0.15, 0.2) is 30.3 Å². The molecule has 20 heavy (non-hydrogen) atoms. The number of aliphatic hydroxyl groups is 1. The van der Waals surface area contributed by atoms with Crippen LogP contribution in [0.4, 0.5) is 0 Å². The van der Waals surface area contributed by atoms with Crippen molar-refractivity contribution < 1.29 is 14.7 Å². The first-order valence-electron chi connectivity index (χ1n) is 6.91. The highest BCUT2D eigenvalue weighted by Crippen LogP contribution is 2.20. The monoisotopic (exact) mass is 276 g/mol. The van der Waals surface area contributed by atoms with Crippen molar-refractivity contribution in [3.63, 3.8) is 0 Å². The molecule has 0 saturated carbocycles. The number of hydrogen-bond donors (Lipinski definition) is 2. The molecule has 1 fully saturated rings. The third kappa shape index (κ3) is 3.81. The number of nitrogens with zero attached hydrogens (tertiary/aromatic N) is 1. The van der Waals surface area contributed by atoms with E-state index in [0.29, 0.717) is 26.1 Å². The molecule has 2 rings (SSSR count). The second-order valence-corrected chi connectivity index (χ2v) is 5.03. The number of carbonyl (C=O) groups is 2. The molecule has 1 unspecified atom stereocenters. The topological polar surface area (TPSA) is 69.6 Å². The van der Waals surface area contributed by atoms with Crippen molar-refractivity contribution in [3.05, 3.63) is 35.9 Å². The summed E-state index contributed by atoms with van der Waals surface area (Å²) in [6, 6.07) is 9.76. The highest BCUT2D eigenvalue weighted by atomic mass is 16.3. The van der Waals surface area contributed by atoms with Gasteiger partial charge in [-0.25, -0.2) is 0 Å². The molecule has 2 N–H and O–H groups in total. The van der Waals surface area contributed by atoms with Crippen LogP contribution in [0.3, 0.4) is 0 Å². The van der Waals surface area contributed by atoms with Crippen molar-refractivity contribution in [3.8, 4) is 0 Å². The zero-order valence-corrected chi connectivity index (χ0v) is 11.4. The normalized spacial score (nSPS) is 18.4. The number of nitrogens with one attached hydrogen (secondary N) is 1. The standard InChI is InChI=1S/C15H20N2O3/c18-8-4-7-16-15(20)13-9-14(19)17(11-13)10-12-5-2-1-3-6-12/h1-3,5-6,13,18H,4,7-11H2,(H,16,20). The van der Waals surface area contributed by atoms with Crippen molar-refractivity contribution in [2.75, 3.05) is 19.7 Å². The minimum Gasteiger partial charge on any atom is -0.396 e. The van der Waals surface area contributed by atoms with Crippen LogP contribution in [-0.2, 0) is 16.1 Å². The summed E-state index contributed by atoms with van der Waals surface area (Å²) in [6.45, 7) is 1.54. The highest BCUT2D eigenvalue weighted by molar-refractivity contribution is 5.89. The minimum atomic E-state index is -0.273. The lowest BCUT2D eigenvalue weighted by Crippen LogP contribution is -2.33. The largest absolute Gasteiger partial charge is 0.396 e. The van der Waals surface area contributed by atoms with Crippen molar-refractivity contribution in [1.82, 2.24) is 10.2 Å². The summed E-state index contributed by atoms with van der Waals surface area (Å²) in [5, 5.41) is 11.4. The molecule has 1 saturated heterocycles. The van der Waals surface area contributed by atoms with Crippen LogP contribution >= 0.6 is 0 Å². The van der Waals surface area contributed by atoms with Crippen molar-refractivity contribution in [1.29, 1.82) is 0 Å². The Labute approximate surface area is 118 Å². The zero-order valence-electron chi connectivity index (χ0n) is 11.4. The third-order valence-corrected chi connectivity index (χ3v) is 3.44. The van der Waals surface area contributed by atoms with Crippen LogP contribution in [0.25, 0.3) is 0 Å². The Kier molecular flexibility index (Phi) is 5.12. The maximum absolute atomic E-state index is 11.9. The van der Waals surface area contributed by atoms with E-state index in [4.69, 9.17) is 5.11 Å². The minimum absolute atomic E-state index is 0.0242. The molecule has 0 aliphatic carbocycles. The van der Waals surface area contributed by atoms with Gasteiger partial charge in [0.05, 0.1) is 5.92 Å². The van der Waals surface area contributed by atoms with Crippen LogP contribution < -0.4 is 5.32 Å². The van der Waals surface area contributed by atoms with E-state index in [2.05, 4.69) is 5.32 Å². The van der Waals surface area contributed by atoms with Crippen LogP contribution in [-0.4, -0.2) is 41.5 Å². The summed E-state index contributed by atoms with van der Waals surface area (Å²) in [7, 11) is 0. The fourth-order valence-electron chi connectivity index (χ4n) is 2.34. The van der Waals surface area contributed by atoms with Gasteiger partial charge in [0.2, 0.25) is 11.8 Å². The summed E-state index contributed by atoms with van der Waals surface area (Å²) >= 11 is 0. The molecule has 0 bridgehead atoms. The zero-order chi connectivity index (χ0) is 14.4. The lowest BCUT2D eigenvalue weighted by Gasteiger charge is -2.16. The van der Waals surface area contributed by atoms with Gasteiger partial charge < -0.3 is 15.3 Å². The first kappa shape index (κ1) is 14.5. The molecule has 1 aromatic rings. The van der Waals surface area contributed by atoms with E-state index in [0.717, 1.165) is 5.56 Å². The van der Waals surface area contributed by atoms with Gasteiger partial charge in [0.1, 0.15) is 0 Å². The summed E-state index contributed by atoms with van der Waals surface area (Å²) in [6.07, 6.45) is 0.817. The molecule has 1 aromatic carbocycles. The Morgan fingerprint density at radius 2 is 2.10 bits per heavy atom. The Morgan fingerprint density at radius 1 is 1.35 bits per heavy atom. The average molecular weight is 276 g/mol. The van der Waals surface area contributed by atoms with Gasteiger partial charge >= 0.3 is 0 Å². The molecular formula is C15H20N2O3. The molecule has 1 aliphatic heterocycles. The molecule has 5 heteroatoms. The second-order valence-electron chi connectivity index (χ2n) is 5.03. The molecule has 1 heterocycles. The lowest BCUT2D eigenvalue weighted by atomic mass is 10.1. The predicted octanol–water partition coefficient (Wildman–Crippen LogP) is 0.534. The van der Waals surface area contributed by atoms with E-state index < -0.39 is 0 Å². The number of amides is 2. The highest BCUT2D eigenvalue weighted by Gasteiger charge is 2.33. The number of carbonyl (C=O) groups excluding carboxylic acids is 2. The van der Waals surface area contributed by atoms with Gasteiger partial charge in [-0.15, -0.1) is 0 Å². The number of hydrogen-bond acceptors (Lipinski definition) is 3. The first-order chi connectivity index (χ1) is 9.70. The molecule has 0 radical (unpaired) electrons. The van der Waals surface area contributed by atoms with Gasteiger partial charge in [-0.2, -0.15) is 0 Å². The van der Waals surface area contributed by atoms with Gasteiger partial charge in [-0.1, -0.05) is 30.3 Å². The van der Waals surface area contributed by atoms with Crippen LogP contribution in [0.2, 0.25) is 0 Å². The van der Waals surface area contributed by atoms with E-state index >= 15 is 0 Å². The number of benzene rings is 1. The number of rotatable bonds is 6. The predicted molar refractivity (Wildman–Crippen MR) is 74.7 cm³/mol. The Bertz CT molecular complexity index is 461. The quantitative estimate of drug-likeness (QED) is 0.745. The van der Waals surface area contributed by atoms with E-state index in [1.54, 1.807) is 4.90 Å². The first-order valence-corrected chi connectivity index (χ1v) is 6.91.